The number of aromatic nitrogens is 2. The fraction of sp³-hybridized carbons (Fsp3) is 0.308. The lowest BCUT2D eigenvalue weighted by atomic mass is 10.2. The Balaban J connectivity index is 1.95. The van der Waals surface area contributed by atoms with Gasteiger partial charge in [-0.2, -0.15) is 5.10 Å². The van der Waals surface area contributed by atoms with Gasteiger partial charge in [0.15, 0.2) is 0 Å². The maximum absolute atomic E-state index is 5.62. The number of rotatable bonds is 4. The molecule has 1 aromatic carbocycles. The molecule has 1 aromatic heterocycles. The maximum Gasteiger partial charge on any atom is 0.0719 e. The number of nitrogens with two attached hydrogens (primary N) is 1. The van der Waals surface area contributed by atoms with E-state index >= 15 is 0 Å². The SMILES string of the molecule is Cc1cccc(N(C)CCn2cc(N)cn2)c1. The average molecular weight is 230 g/mol. The third-order valence-corrected chi connectivity index (χ3v) is 2.76. The van der Waals surface area contributed by atoms with E-state index in [-0.39, 0.29) is 0 Å². The van der Waals surface area contributed by atoms with Crippen molar-refractivity contribution in [1.82, 2.24) is 9.78 Å². The van der Waals surface area contributed by atoms with E-state index in [2.05, 4.69) is 48.2 Å². The van der Waals surface area contributed by atoms with E-state index in [9.17, 15) is 0 Å². The highest BCUT2D eigenvalue weighted by Crippen LogP contribution is 2.14. The Morgan fingerprint density at radius 3 is 2.88 bits per heavy atom. The van der Waals surface area contributed by atoms with Gasteiger partial charge in [0.2, 0.25) is 0 Å². The van der Waals surface area contributed by atoms with E-state index in [0.717, 1.165) is 13.1 Å². The molecule has 0 atom stereocenters. The smallest absolute Gasteiger partial charge is 0.0719 e. The lowest BCUT2D eigenvalue weighted by Crippen LogP contribution is -2.22. The summed E-state index contributed by atoms with van der Waals surface area (Å²) in [7, 11) is 2.08. The first-order valence-electron chi connectivity index (χ1n) is 5.71. The summed E-state index contributed by atoms with van der Waals surface area (Å²) >= 11 is 0. The maximum atomic E-state index is 5.62. The zero-order valence-corrected chi connectivity index (χ0v) is 10.3. The Labute approximate surface area is 102 Å². The minimum atomic E-state index is 0.711. The van der Waals surface area contributed by atoms with Gasteiger partial charge in [0.25, 0.3) is 0 Å². The van der Waals surface area contributed by atoms with Gasteiger partial charge in [0.1, 0.15) is 0 Å². The van der Waals surface area contributed by atoms with Gasteiger partial charge in [0.05, 0.1) is 18.4 Å². The Kier molecular flexibility index (Phi) is 3.32. The molecule has 2 rings (SSSR count). The largest absolute Gasteiger partial charge is 0.396 e. The third-order valence-electron chi connectivity index (χ3n) is 2.76. The highest BCUT2D eigenvalue weighted by atomic mass is 15.3. The lowest BCUT2D eigenvalue weighted by Gasteiger charge is -2.19. The molecular weight excluding hydrogens is 212 g/mol. The van der Waals surface area contributed by atoms with Crippen molar-refractivity contribution in [3.63, 3.8) is 0 Å². The number of hydrogen-bond acceptors (Lipinski definition) is 3. The Bertz CT molecular complexity index is 490. The highest BCUT2D eigenvalue weighted by molar-refractivity contribution is 5.47. The van der Waals surface area contributed by atoms with Crippen molar-refractivity contribution in [3.05, 3.63) is 42.2 Å². The van der Waals surface area contributed by atoms with Crippen LogP contribution in [0.15, 0.2) is 36.7 Å². The van der Waals surface area contributed by atoms with Crippen LogP contribution >= 0.6 is 0 Å². The van der Waals surface area contributed by atoms with E-state index in [0.29, 0.717) is 5.69 Å². The number of likely N-dealkylation sites (N-methyl/N-ethyl adjacent to an activating group) is 1. The second-order valence-electron chi connectivity index (χ2n) is 4.30. The molecule has 17 heavy (non-hydrogen) atoms. The zero-order valence-electron chi connectivity index (χ0n) is 10.3. The number of aryl methyl sites for hydroxylation is 1. The second-order valence-corrected chi connectivity index (χ2v) is 4.30. The summed E-state index contributed by atoms with van der Waals surface area (Å²) in [4.78, 5) is 2.21. The molecule has 4 heteroatoms. The van der Waals surface area contributed by atoms with Crippen LogP contribution in [0.25, 0.3) is 0 Å². The molecule has 1 heterocycles. The number of hydrogen-bond donors (Lipinski definition) is 1. The number of benzene rings is 1. The second kappa shape index (κ2) is 4.91. The Morgan fingerprint density at radius 2 is 2.24 bits per heavy atom. The standard InChI is InChI=1S/C13H18N4/c1-11-4-3-5-13(8-11)16(2)6-7-17-10-12(14)9-15-17/h3-5,8-10H,6-7,14H2,1-2H3. The van der Waals surface area contributed by atoms with Crippen molar-refractivity contribution in [3.8, 4) is 0 Å². The summed E-state index contributed by atoms with van der Waals surface area (Å²) in [6.07, 6.45) is 3.52. The molecule has 0 aliphatic heterocycles. The topological polar surface area (TPSA) is 47.1 Å². The first kappa shape index (κ1) is 11.5. The predicted octanol–water partition coefficient (Wildman–Crippen LogP) is 1.91. The van der Waals surface area contributed by atoms with Crippen LogP contribution in [0.5, 0.6) is 0 Å². The molecule has 0 aliphatic rings. The van der Waals surface area contributed by atoms with Gasteiger partial charge in [-0.1, -0.05) is 12.1 Å². The molecule has 2 N–H and O–H groups in total. The predicted molar refractivity (Wildman–Crippen MR) is 71.1 cm³/mol. The Hall–Kier alpha value is -1.97. The molecule has 4 nitrogen and oxygen atoms in total. The van der Waals surface area contributed by atoms with Gasteiger partial charge >= 0.3 is 0 Å². The summed E-state index contributed by atoms with van der Waals surface area (Å²) in [5.41, 5.74) is 8.83. The zero-order chi connectivity index (χ0) is 12.3. The van der Waals surface area contributed by atoms with Crippen LogP contribution in [0.2, 0.25) is 0 Å². The van der Waals surface area contributed by atoms with E-state index in [4.69, 9.17) is 5.73 Å². The van der Waals surface area contributed by atoms with Crippen LogP contribution in [0.3, 0.4) is 0 Å². The van der Waals surface area contributed by atoms with Crippen LogP contribution in [0.1, 0.15) is 5.56 Å². The van der Waals surface area contributed by atoms with Crippen molar-refractivity contribution < 1.29 is 0 Å². The molecule has 0 aliphatic carbocycles. The van der Waals surface area contributed by atoms with E-state index < -0.39 is 0 Å². The van der Waals surface area contributed by atoms with Crippen LogP contribution in [0.4, 0.5) is 11.4 Å². The number of anilines is 2. The first-order valence-corrected chi connectivity index (χ1v) is 5.71. The summed E-state index contributed by atoms with van der Waals surface area (Å²) in [5, 5.41) is 4.16. The minimum Gasteiger partial charge on any atom is -0.396 e. The van der Waals surface area contributed by atoms with Gasteiger partial charge in [-0.15, -0.1) is 0 Å². The van der Waals surface area contributed by atoms with Crippen molar-refractivity contribution in [2.75, 3.05) is 24.2 Å². The van der Waals surface area contributed by atoms with Crippen LogP contribution in [-0.2, 0) is 6.54 Å². The first-order chi connectivity index (χ1) is 8.15. The van der Waals surface area contributed by atoms with E-state index in [1.165, 1.54) is 11.3 Å². The molecule has 2 aromatic rings. The normalized spacial score (nSPS) is 10.5. The Morgan fingerprint density at radius 1 is 1.41 bits per heavy atom. The third kappa shape index (κ3) is 3.00. The van der Waals surface area contributed by atoms with Crippen LogP contribution < -0.4 is 10.6 Å². The van der Waals surface area contributed by atoms with Crippen LogP contribution in [-0.4, -0.2) is 23.4 Å². The van der Waals surface area contributed by atoms with Gasteiger partial charge in [0, 0.05) is 25.5 Å². The van der Waals surface area contributed by atoms with Gasteiger partial charge in [-0.05, 0) is 24.6 Å². The molecule has 0 amide bonds. The number of nitrogen functional groups attached to an aromatic ring is 1. The summed E-state index contributed by atoms with van der Waals surface area (Å²) < 4.78 is 1.86. The summed E-state index contributed by atoms with van der Waals surface area (Å²) in [6, 6.07) is 8.47. The van der Waals surface area contributed by atoms with Crippen molar-refractivity contribution in [1.29, 1.82) is 0 Å². The van der Waals surface area contributed by atoms with Crippen LogP contribution in [0, 0.1) is 6.92 Å². The molecule has 0 bridgehead atoms. The fourth-order valence-corrected chi connectivity index (χ4v) is 1.75. The summed E-state index contributed by atoms with van der Waals surface area (Å²) in [5.74, 6) is 0. The molecule has 90 valence electrons. The van der Waals surface area contributed by atoms with E-state index in [1.54, 1.807) is 6.20 Å². The molecule has 0 spiro atoms. The molecule has 0 unspecified atom stereocenters. The van der Waals surface area contributed by atoms with Gasteiger partial charge in [-0.25, -0.2) is 0 Å². The minimum absolute atomic E-state index is 0.711. The molecule has 0 radical (unpaired) electrons. The van der Waals surface area contributed by atoms with Crippen molar-refractivity contribution >= 4 is 11.4 Å². The molecule has 0 fully saturated rings. The van der Waals surface area contributed by atoms with Gasteiger partial charge in [-0.3, -0.25) is 4.68 Å². The van der Waals surface area contributed by atoms with Gasteiger partial charge < -0.3 is 10.6 Å². The average Bonchev–Trinajstić information content (AvgIpc) is 2.72. The van der Waals surface area contributed by atoms with Crippen molar-refractivity contribution in [2.24, 2.45) is 0 Å². The monoisotopic (exact) mass is 230 g/mol. The fourth-order valence-electron chi connectivity index (χ4n) is 1.75. The highest BCUT2D eigenvalue weighted by Gasteiger charge is 2.01. The van der Waals surface area contributed by atoms with Crippen molar-refractivity contribution in [2.45, 2.75) is 13.5 Å². The molecular formula is C13H18N4. The lowest BCUT2D eigenvalue weighted by molar-refractivity contribution is 0.612. The molecule has 0 saturated carbocycles. The molecule has 0 saturated heterocycles. The number of nitrogens with zero attached hydrogens (tertiary/aromatic N) is 3. The van der Waals surface area contributed by atoms with E-state index in [1.807, 2.05) is 10.9 Å². The quantitative estimate of drug-likeness (QED) is 0.872. The summed E-state index contributed by atoms with van der Waals surface area (Å²) in [6.45, 7) is 3.84.